The van der Waals surface area contributed by atoms with E-state index in [0.29, 0.717) is 0 Å². The Balaban J connectivity index is 3.75. The minimum Gasteiger partial charge on any atom is -0.748 e. The molecule has 0 heterocycles. The largest absolute Gasteiger partial charge is 0.748 e. The van der Waals surface area contributed by atoms with Gasteiger partial charge in [-0.05, 0) is 0 Å². The summed E-state index contributed by atoms with van der Waals surface area (Å²) in [4.78, 5) is 0. The topological polar surface area (TPSA) is 57.2 Å². The monoisotopic (exact) mass is 152 g/mol. The first-order chi connectivity index (χ1) is 3.42. The Hall–Kier alpha value is 0.127. The molecule has 0 saturated carbocycles. The first-order valence-electron chi connectivity index (χ1n) is 2.14. The van der Waals surface area contributed by atoms with E-state index in [1.807, 2.05) is 0 Å². The van der Waals surface area contributed by atoms with Gasteiger partial charge in [0.15, 0.2) is 0 Å². The maximum atomic E-state index is 9.91. The lowest BCUT2D eigenvalue weighted by Gasteiger charge is -2.06. The van der Waals surface area contributed by atoms with Crippen molar-refractivity contribution in [3.05, 3.63) is 0 Å². The fourth-order valence-electron chi connectivity index (χ4n) is 0.354. The van der Waals surface area contributed by atoms with E-state index in [4.69, 9.17) is 0 Å². The van der Waals surface area contributed by atoms with Crippen molar-refractivity contribution in [3.8, 4) is 0 Å². The van der Waals surface area contributed by atoms with E-state index in [1.54, 1.807) is 13.1 Å². The Bertz CT molecular complexity index is 148. The van der Waals surface area contributed by atoms with Crippen LogP contribution in [0.15, 0.2) is 0 Å². The molecule has 0 aromatic heterocycles. The Morgan fingerprint density at radius 3 is 1.88 bits per heavy atom. The predicted octanol–water partition coefficient (Wildman–Crippen LogP) is -0.175. The standard InChI is InChI=1S/C3H9O3SSi/c1-8(2)3-7(4,5)6/h3H2,1-2H3,(H,4,5,6)/p-1. The molecule has 3 nitrogen and oxygen atoms in total. The van der Waals surface area contributed by atoms with Crippen LogP contribution in [0.5, 0.6) is 0 Å². The van der Waals surface area contributed by atoms with E-state index < -0.39 is 18.9 Å². The van der Waals surface area contributed by atoms with Gasteiger partial charge in [-0.1, -0.05) is 13.1 Å². The van der Waals surface area contributed by atoms with Crippen molar-refractivity contribution in [3.63, 3.8) is 0 Å². The molecule has 0 aromatic carbocycles. The molecular weight excluding hydrogens is 144 g/mol. The summed E-state index contributed by atoms with van der Waals surface area (Å²) in [6.07, 6.45) is 0. The minimum atomic E-state index is -3.93. The SMILES string of the molecule is C[Si](C)CS(=O)(=O)[O-]. The van der Waals surface area contributed by atoms with Gasteiger partial charge in [0.05, 0.1) is 18.9 Å². The van der Waals surface area contributed by atoms with Crippen LogP contribution in [0.2, 0.25) is 13.1 Å². The average Bonchev–Trinajstić information content (AvgIpc) is 1.21. The van der Waals surface area contributed by atoms with Crippen molar-refractivity contribution >= 4 is 18.9 Å². The highest BCUT2D eigenvalue weighted by atomic mass is 32.2. The van der Waals surface area contributed by atoms with E-state index in [1.165, 1.54) is 0 Å². The Labute approximate surface area is 51.1 Å². The van der Waals surface area contributed by atoms with Crippen molar-refractivity contribution < 1.29 is 13.0 Å². The summed E-state index contributed by atoms with van der Waals surface area (Å²) in [5, 5.41) is -0.155. The van der Waals surface area contributed by atoms with E-state index in [9.17, 15) is 13.0 Å². The minimum absolute atomic E-state index is 0.155. The second-order valence-corrected chi connectivity index (χ2v) is 6.59. The Kier molecular flexibility index (Phi) is 2.65. The highest BCUT2D eigenvalue weighted by molar-refractivity contribution is 7.87. The van der Waals surface area contributed by atoms with Gasteiger partial charge < -0.3 is 4.55 Å². The predicted molar refractivity (Wildman–Crippen MR) is 32.0 cm³/mol. The van der Waals surface area contributed by atoms with Crippen LogP contribution in [0.25, 0.3) is 0 Å². The number of hydrogen-bond donors (Lipinski definition) is 0. The zero-order chi connectivity index (χ0) is 6.78. The first kappa shape index (κ1) is 8.13. The fraction of sp³-hybridized carbons (Fsp3) is 1.00. The molecule has 0 atom stereocenters. The van der Waals surface area contributed by atoms with Crippen molar-refractivity contribution in [2.75, 3.05) is 5.38 Å². The molecule has 0 aliphatic carbocycles. The molecule has 8 heavy (non-hydrogen) atoms. The summed E-state index contributed by atoms with van der Waals surface area (Å²) in [7, 11) is -4.82. The number of hydrogen-bond acceptors (Lipinski definition) is 3. The van der Waals surface area contributed by atoms with Gasteiger partial charge in [-0.3, -0.25) is 0 Å². The molecule has 0 fully saturated rings. The lowest BCUT2D eigenvalue weighted by Crippen LogP contribution is -2.17. The third kappa shape index (κ3) is 6.13. The molecule has 0 aromatic rings. The Morgan fingerprint density at radius 2 is 1.88 bits per heavy atom. The molecule has 0 aliphatic heterocycles. The summed E-state index contributed by atoms with van der Waals surface area (Å²) < 4.78 is 29.7. The van der Waals surface area contributed by atoms with E-state index in [-0.39, 0.29) is 5.38 Å². The molecule has 0 bridgehead atoms. The van der Waals surface area contributed by atoms with Crippen LogP contribution < -0.4 is 0 Å². The summed E-state index contributed by atoms with van der Waals surface area (Å²) in [5.74, 6) is 0. The van der Waals surface area contributed by atoms with Gasteiger partial charge in [0.25, 0.3) is 0 Å². The fourth-order valence-corrected chi connectivity index (χ4v) is 3.18. The van der Waals surface area contributed by atoms with Crippen LogP contribution >= 0.6 is 0 Å². The van der Waals surface area contributed by atoms with Gasteiger partial charge in [-0.25, -0.2) is 8.42 Å². The second-order valence-electron chi connectivity index (χ2n) is 1.91. The summed E-state index contributed by atoms with van der Waals surface area (Å²) >= 11 is 0. The van der Waals surface area contributed by atoms with Crippen LogP contribution in [0, 0.1) is 0 Å². The molecule has 0 N–H and O–H groups in total. The summed E-state index contributed by atoms with van der Waals surface area (Å²) in [5.41, 5.74) is 0. The molecule has 0 saturated heterocycles. The van der Waals surface area contributed by atoms with E-state index >= 15 is 0 Å². The van der Waals surface area contributed by atoms with Gasteiger partial charge in [0, 0.05) is 5.38 Å². The van der Waals surface area contributed by atoms with Crippen LogP contribution in [-0.2, 0) is 10.1 Å². The van der Waals surface area contributed by atoms with Crippen LogP contribution in [0.3, 0.4) is 0 Å². The molecule has 1 radical (unpaired) electrons. The first-order valence-corrected chi connectivity index (χ1v) is 6.43. The Morgan fingerprint density at radius 1 is 1.50 bits per heavy atom. The average molecular weight is 152 g/mol. The molecule has 49 valence electrons. The third-order valence-electron chi connectivity index (χ3n) is 0.465. The molecule has 0 unspecified atom stereocenters. The van der Waals surface area contributed by atoms with Gasteiger partial charge in [0.1, 0.15) is 0 Å². The smallest absolute Gasteiger partial charge is 0.0917 e. The van der Waals surface area contributed by atoms with Crippen molar-refractivity contribution in [2.24, 2.45) is 0 Å². The van der Waals surface area contributed by atoms with Gasteiger partial charge in [0.2, 0.25) is 0 Å². The zero-order valence-corrected chi connectivity index (χ0v) is 6.66. The van der Waals surface area contributed by atoms with Gasteiger partial charge >= 0.3 is 0 Å². The molecule has 0 aliphatic rings. The summed E-state index contributed by atoms with van der Waals surface area (Å²) in [6, 6.07) is 0. The van der Waals surface area contributed by atoms with Gasteiger partial charge in [-0.15, -0.1) is 0 Å². The quantitative estimate of drug-likeness (QED) is 0.407. The van der Waals surface area contributed by atoms with Crippen LogP contribution in [-0.4, -0.2) is 27.1 Å². The molecule has 0 rings (SSSR count). The highest BCUT2D eigenvalue weighted by Crippen LogP contribution is 1.86. The number of rotatable bonds is 2. The van der Waals surface area contributed by atoms with Crippen molar-refractivity contribution in [2.45, 2.75) is 13.1 Å². The lowest BCUT2D eigenvalue weighted by atomic mass is 11.8. The lowest BCUT2D eigenvalue weighted by molar-refractivity contribution is 0.468. The normalized spacial score (nSPS) is 12.5. The maximum Gasteiger partial charge on any atom is 0.0917 e. The molecule has 5 heteroatoms. The second kappa shape index (κ2) is 2.61. The maximum absolute atomic E-state index is 9.91. The van der Waals surface area contributed by atoms with Crippen LogP contribution in [0.1, 0.15) is 0 Å². The van der Waals surface area contributed by atoms with E-state index in [0.717, 1.165) is 0 Å². The third-order valence-corrected chi connectivity index (χ3v) is 4.19. The molecular formula is C3H8O3SSi-. The van der Waals surface area contributed by atoms with Crippen LogP contribution in [0.4, 0.5) is 0 Å². The molecule has 0 spiro atoms. The van der Waals surface area contributed by atoms with E-state index in [2.05, 4.69) is 0 Å². The zero-order valence-electron chi connectivity index (χ0n) is 4.84. The van der Waals surface area contributed by atoms with Gasteiger partial charge in [-0.2, -0.15) is 0 Å². The molecule has 0 amide bonds. The summed E-state index contributed by atoms with van der Waals surface area (Å²) in [6.45, 7) is 3.58. The van der Waals surface area contributed by atoms with Crippen molar-refractivity contribution in [1.82, 2.24) is 0 Å². The van der Waals surface area contributed by atoms with Crippen molar-refractivity contribution in [1.29, 1.82) is 0 Å². The highest BCUT2D eigenvalue weighted by Gasteiger charge is 1.99.